The number of anilines is 1. The summed E-state index contributed by atoms with van der Waals surface area (Å²) in [6.07, 6.45) is 2.00. The van der Waals surface area contributed by atoms with E-state index in [-0.39, 0.29) is 18.4 Å². The zero-order valence-corrected chi connectivity index (χ0v) is 16.8. The minimum atomic E-state index is -0.575. The number of carbonyl (C=O) groups excluding carboxylic acids is 2. The van der Waals surface area contributed by atoms with Gasteiger partial charge in [0.2, 0.25) is 5.91 Å². The van der Waals surface area contributed by atoms with E-state index in [0.717, 1.165) is 24.3 Å². The Morgan fingerprint density at radius 3 is 2.97 bits per heavy atom. The number of nitrogens with zero attached hydrogens (tertiary/aromatic N) is 3. The molecule has 29 heavy (non-hydrogen) atoms. The monoisotopic (exact) mass is 398 g/mol. The van der Waals surface area contributed by atoms with Gasteiger partial charge >= 0.3 is 0 Å². The number of ether oxygens (including phenoxy) is 2. The molecule has 0 fully saturated rings. The van der Waals surface area contributed by atoms with Crippen molar-refractivity contribution in [3.63, 3.8) is 0 Å². The number of rotatable bonds is 6. The van der Waals surface area contributed by atoms with Gasteiger partial charge < -0.3 is 14.8 Å². The van der Waals surface area contributed by atoms with Crippen LogP contribution in [-0.4, -0.2) is 47.4 Å². The van der Waals surface area contributed by atoms with Crippen LogP contribution in [0.3, 0.4) is 0 Å². The molecular weight excluding hydrogens is 372 g/mol. The molecule has 0 saturated heterocycles. The number of para-hydroxylation sites is 2. The second-order valence-electron chi connectivity index (χ2n) is 7.28. The van der Waals surface area contributed by atoms with Gasteiger partial charge in [0.25, 0.3) is 5.91 Å². The maximum atomic E-state index is 12.9. The molecule has 1 aromatic carbocycles. The average molecular weight is 398 g/mol. The summed E-state index contributed by atoms with van der Waals surface area (Å²) >= 11 is 0. The van der Waals surface area contributed by atoms with E-state index in [4.69, 9.17) is 9.47 Å². The average Bonchev–Trinajstić information content (AvgIpc) is 3.06. The Morgan fingerprint density at radius 2 is 2.14 bits per heavy atom. The highest BCUT2D eigenvalue weighted by molar-refractivity contribution is 6.03. The zero-order chi connectivity index (χ0) is 20.4. The summed E-state index contributed by atoms with van der Waals surface area (Å²) in [4.78, 5) is 27.0. The Bertz CT molecular complexity index is 923. The van der Waals surface area contributed by atoms with Gasteiger partial charge in [-0.1, -0.05) is 19.1 Å². The number of nitrogens with one attached hydrogen (secondary N) is 1. The van der Waals surface area contributed by atoms with E-state index < -0.39 is 6.04 Å². The Labute approximate surface area is 169 Å². The Morgan fingerprint density at radius 1 is 1.31 bits per heavy atom. The van der Waals surface area contributed by atoms with Gasteiger partial charge in [0.15, 0.2) is 6.61 Å². The SMILES string of the molecule is CCC(C(=O)NCCc1nn(C)c2c1COCC2)N1C(=O)COc2ccccc21. The van der Waals surface area contributed by atoms with Crippen LogP contribution in [0.15, 0.2) is 24.3 Å². The smallest absolute Gasteiger partial charge is 0.265 e. The first-order valence-corrected chi connectivity index (χ1v) is 10.0. The Hall–Kier alpha value is -2.87. The molecule has 1 unspecified atom stereocenters. The fourth-order valence-corrected chi connectivity index (χ4v) is 4.06. The quantitative estimate of drug-likeness (QED) is 0.794. The van der Waals surface area contributed by atoms with Crippen molar-refractivity contribution in [2.24, 2.45) is 7.05 Å². The number of benzene rings is 1. The summed E-state index contributed by atoms with van der Waals surface area (Å²) < 4.78 is 13.0. The van der Waals surface area contributed by atoms with Gasteiger partial charge in [-0.25, -0.2) is 0 Å². The van der Waals surface area contributed by atoms with Gasteiger partial charge in [0.05, 0.1) is 24.6 Å². The van der Waals surface area contributed by atoms with Gasteiger partial charge in [-0.3, -0.25) is 19.2 Å². The molecule has 0 bridgehead atoms. The molecule has 2 aliphatic rings. The number of aromatic nitrogens is 2. The van der Waals surface area contributed by atoms with Gasteiger partial charge in [-0.05, 0) is 18.6 Å². The molecule has 1 atom stereocenters. The fraction of sp³-hybridized carbons (Fsp3) is 0.476. The van der Waals surface area contributed by atoms with Gasteiger partial charge in [0.1, 0.15) is 11.8 Å². The maximum absolute atomic E-state index is 12.9. The van der Waals surface area contributed by atoms with Gasteiger partial charge in [-0.15, -0.1) is 0 Å². The first-order valence-electron chi connectivity index (χ1n) is 10.0. The van der Waals surface area contributed by atoms with Crippen molar-refractivity contribution in [2.75, 3.05) is 24.7 Å². The van der Waals surface area contributed by atoms with Gasteiger partial charge in [-0.2, -0.15) is 5.10 Å². The molecule has 154 valence electrons. The van der Waals surface area contributed by atoms with Crippen molar-refractivity contribution in [1.29, 1.82) is 0 Å². The molecule has 0 aliphatic carbocycles. The van der Waals surface area contributed by atoms with E-state index >= 15 is 0 Å². The standard InChI is InChI=1S/C21H26N4O4/c1-3-16(25-18-6-4-5-7-19(18)29-13-20(25)26)21(27)22-10-8-15-14-12-28-11-9-17(14)24(2)23-15/h4-7,16H,3,8-13H2,1-2H3,(H,22,27). The molecule has 8 nitrogen and oxygen atoms in total. The third kappa shape index (κ3) is 3.72. The lowest BCUT2D eigenvalue weighted by molar-refractivity contribution is -0.127. The minimum Gasteiger partial charge on any atom is -0.482 e. The van der Waals surface area contributed by atoms with Crippen molar-refractivity contribution in [3.05, 3.63) is 41.2 Å². The van der Waals surface area contributed by atoms with E-state index in [1.54, 1.807) is 4.90 Å². The van der Waals surface area contributed by atoms with E-state index in [1.165, 1.54) is 5.69 Å². The lowest BCUT2D eigenvalue weighted by Crippen LogP contribution is -2.52. The summed E-state index contributed by atoms with van der Waals surface area (Å²) in [5, 5.41) is 7.57. The molecule has 2 aliphatic heterocycles. The third-order valence-corrected chi connectivity index (χ3v) is 5.49. The molecule has 1 N–H and O–H groups in total. The number of carbonyl (C=O) groups is 2. The highest BCUT2D eigenvalue weighted by atomic mass is 16.5. The molecule has 8 heteroatoms. The van der Waals surface area contributed by atoms with Crippen LogP contribution >= 0.6 is 0 Å². The number of hydrogen-bond acceptors (Lipinski definition) is 5. The summed E-state index contributed by atoms with van der Waals surface area (Å²) in [6.45, 7) is 3.60. The largest absolute Gasteiger partial charge is 0.482 e. The summed E-state index contributed by atoms with van der Waals surface area (Å²) in [5.74, 6) is 0.249. The zero-order valence-electron chi connectivity index (χ0n) is 16.8. The lowest BCUT2D eigenvalue weighted by Gasteiger charge is -2.34. The normalized spacial score (nSPS) is 16.6. The lowest BCUT2D eigenvalue weighted by atomic mass is 10.1. The van der Waals surface area contributed by atoms with Crippen molar-refractivity contribution < 1.29 is 19.1 Å². The molecule has 2 aromatic rings. The Balaban J connectivity index is 1.43. The predicted molar refractivity (Wildman–Crippen MR) is 107 cm³/mol. The topological polar surface area (TPSA) is 85.7 Å². The van der Waals surface area contributed by atoms with Crippen LogP contribution in [0, 0.1) is 0 Å². The first-order chi connectivity index (χ1) is 14.1. The van der Waals surface area contributed by atoms with Crippen LogP contribution in [0.5, 0.6) is 5.75 Å². The molecule has 0 spiro atoms. The highest BCUT2D eigenvalue weighted by Crippen LogP contribution is 2.33. The van der Waals surface area contributed by atoms with Crippen molar-refractivity contribution in [2.45, 2.75) is 38.8 Å². The van der Waals surface area contributed by atoms with E-state index in [1.807, 2.05) is 42.9 Å². The maximum Gasteiger partial charge on any atom is 0.265 e. The van der Waals surface area contributed by atoms with Gasteiger partial charge in [0, 0.05) is 37.7 Å². The molecule has 0 radical (unpaired) electrons. The molecule has 1 aromatic heterocycles. The third-order valence-electron chi connectivity index (χ3n) is 5.49. The second-order valence-corrected chi connectivity index (χ2v) is 7.28. The van der Waals surface area contributed by atoms with Crippen LogP contribution < -0.4 is 15.0 Å². The van der Waals surface area contributed by atoms with Crippen LogP contribution in [0.25, 0.3) is 0 Å². The molecule has 4 rings (SSSR count). The van der Waals surface area contributed by atoms with E-state index in [0.29, 0.717) is 37.4 Å². The number of hydrogen-bond donors (Lipinski definition) is 1. The highest BCUT2D eigenvalue weighted by Gasteiger charge is 2.34. The van der Waals surface area contributed by atoms with Crippen molar-refractivity contribution in [3.8, 4) is 5.75 Å². The predicted octanol–water partition coefficient (Wildman–Crippen LogP) is 1.36. The second kappa shape index (κ2) is 8.24. The van der Waals surface area contributed by atoms with Crippen LogP contribution in [0.2, 0.25) is 0 Å². The van der Waals surface area contributed by atoms with E-state index in [2.05, 4.69) is 10.4 Å². The molecule has 2 amide bonds. The number of amides is 2. The number of fused-ring (bicyclic) bond motifs is 2. The molecule has 0 saturated carbocycles. The first kappa shape index (κ1) is 19.4. The minimum absolute atomic E-state index is 0.0547. The summed E-state index contributed by atoms with van der Waals surface area (Å²) in [6, 6.07) is 6.73. The molecule has 3 heterocycles. The molecular formula is C21H26N4O4. The Kier molecular flexibility index (Phi) is 5.53. The van der Waals surface area contributed by atoms with Crippen molar-refractivity contribution in [1.82, 2.24) is 15.1 Å². The van der Waals surface area contributed by atoms with E-state index in [9.17, 15) is 9.59 Å². The van der Waals surface area contributed by atoms with Crippen molar-refractivity contribution >= 4 is 17.5 Å². The summed E-state index contributed by atoms with van der Waals surface area (Å²) in [5.41, 5.74) is 3.95. The van der Waals surface area contributed by atoms with Crippen LogP contribution in [0.4, 0.5) is 5.69 Å². The summed E-state index contributed by atoms with van der Waals surface area (Å²) in [7, 11) is 1.95. The van der Waals surface area contributed by atoms with Crippen LogP contribution in [0.1, 0.15) is 30.3 Å². The number of aryl methyl sites for hydroxylation is 1. The fourth-order valence-electron chi connectivity index (χ4n) is 4.06. The van der Waals surface area contributed by atoms with Crippen LogP contribution in [-0.2, 0) is 40.8 Å².